The molecule has 2 aromatic carbocycles. The number of hydrogen-bond acceptors (Lipinski definition) is 2. The van der Waals surface area contributed by atoms with Crippen molar-refractivity contribution in [3.05, 3.63) is 70.8 Å². The van der Waals surface area contributed by atoms with Gasteiger partial charge in [-0.25, -0.2) is 0 Å². The summed E-state index contributed by atoms with van der Waals surface area (Å²) in [6.07, 6.45) is 1.11. The van der Waals surface area contributed by atoms with Crippen LogP contribution in [0.3, 0.4) is 0 Å². The maximum absolute atomic E-state index is 3.70. The van der Waals surface area contributed by atoms with Crippen LogP contribution in [0.15, 0.2) is 48.5 Å². The average molecular weight is 250 g/mol. The smallest absolute Gasteiger partial charge is 0.0485 e. The van der Waals surface area contributed by atoms with Gasteiger partial charge in [-0.2, -0.15) is 0 Å². The molecule has 0 spiro atoms. The normalized spacial score (nSPS) is 24.8. The van der Waals surface area contributed by atoms with Gasteiger partial charge in [0.15, 0.2) is 0 Å². The molecule has 0 aliphatic carbocycles. The van der Waals surface area contributed by atoms with Crippen LogP contribution < -0.4 is 10.6 Å². The van der Waals surface area contributed by atoms with Crippen molar-refractivity contribution < 1.29 is 0 Å². The molecule has 0 amide bonds. The number of hydrogen-bond donors (Lipinski definition) is 2. The number of nitrogens with one attached hydrogen (secondary N) is 2. The van der Waals surface area contributed by atoms with Gasteiger partial charge >= 0.3 is 0 Å². The fourth-order valence-electron chi connectivity index (χ4n) is 3.40. The molecule has 0 aromatic heterocycles. The average Bonchev–Trinajstić information content (AvgIpc) is 2.91. The second-order valence-electron chi connectivity index (χ2n) is 5.52. The summed E-state index contributed by atoms with van der Waals surface area (Å²) in [4.78, 5) is 0. The lowest BCUT2D eigenvalue weighted by atomic mass is 9.89. The molecule has 0 fully saturated rings. The molecule has 2 nitrogen and oxygen atoms in total. The van der Waals surface area contributed by atoms with Gasteiger partial charge in [-0.05, 0) is 28.7 Å². The van der Waals surface area contributed by atoms with Crippen LogP contribution in [-0.4, -0.2) is 6.04 Å². The van der Waals surface area contributed by atoms with Gasteiger partial charge in [-0.15, -0.1) is 0 Å². The van der Waals surface area contributed by atoms with Crippen LogP contribution >= 0.6 is 0 Å². The topological polar surface area (TPSA) is 24.1 Å². The first-order valence-electron chi connectivity index (χ1n) is 7.03. The zero-order chi connectivity index (χ0) is 12.7. The van der Waals surface area contributed by atoms with Crippen molar-refractivity contribution in [2.45, 2.75) is 31.6 Å². The minimum atomic E-state index is 0.449. The largest absolute Gasteiger partial charge is 0.308 e. The molecule has 4 rings (SSSR count). The third-order valence-corrected chi connectivity index (χ3v) is 4.42. The van der Waals surface area contributed by atoms with E-state index in [1.165, 1.54) is 22.3 Å². The summed E-state index contributed by atoms with van der Waals surface area (Å²) in [6.45, 7) is 1.99. The van der Waals surface area contributed by atoms with E-state index in [9.17, 15) is 0 Å². The van der Waals surface area contributed by atoms with Gasteiger partial charge in [-0.3, -0.25) is 0 Å². The summed E-state index contributed by atoms with van der Waals surface area (Å²) < 4.78 is 0. The molecule has 2 heteroatoms. The molecule has 0 bridgehead atoms. The summed E-state index contributed by atoms with van der Waals surface area (Å²) in [5, 5.41) is 7.36. The maximum atomic E-state index is 3.70. The fourth-order valence-corrected chi connectivity index (χ4v) is 3.40. The van der Waals surface area contributed by atoms with Gasteiger partial charge in [0.1, 0.15) is 0 Å². The maximum Gasteiger partial charge on any atom is 0.0485 e. The van der Waals surface area contributed by atoms with Crippen LogP contribution in [-0.2, 0) is 19.5 Å². The molecule has 2 unspecified atom stereocenters. The van der Waals surface area contributed by atoms with E-state index in [0.717, 1.165) is 19.5 Å². The quantitative estimate of drug-likeness (QED) is 0.813. The first-order valence-corrected chi connectivity index (χ1v) is 7.03. The molecule has 0 saturated heterocycles. The monoisotopic (exact) mass is 250 g/mol. The highest BCUT2D eigenvalue weighted by atomic mass is 15.0. The minimum absolute atomic E-state index is 0.449. The van der Waals surface area contributed by atoms with Crippen molar-refractivity contribution in [1.29, 1.82) is 0 Å². The molecule has 0 radical (unpaired) electrons. The Labute approximate surface area is 113 Å². The lowest BCUT2D eigenvalue weighted by molar-refractivity contribution is 0.374. The predicted octanol–water partition coefficient (Wildman–Crippen LogP) is 2.55. The Balaban J connectivity index is 1.63. The summed E-state index contributed by atoms with van der Waals surface area (Å²) in [6, 6.07) is 18.5. The van der Waals surface area contributed by atoms with Crippen LogP contribution in [0.25, 0.3) is 0 Å². The zero-order valence-electron chi connectivity index (χ0n) is 10.9. The van der Waals surface area contributed by atoms with Gasteiger partial charge in [0.2, 0.25) is 0 Å². The molecule has 96 valence electrons. The van der Waals surface area contributed by atoms with Gasteiger partial charge in [0, 0.05) is 25.2 Å². The summed E-state index contributed by atoms with van der Waals surface area (Å²) in [5.41, 5.74) is 5.87. The Kier molecular flexibility index (Phi) is 2.64. The Morgan fingerprint density at radius 3 is 2.32 bits per heavy atom. The van der Waals surface area contributed by atoms with Crippen LogP contribution in [0.4, 0.5) is 0 Å². The van der Waals surface area contributed by atoms with Gasteiger partial charge in [0.25, 0.3) is 0 Å². The predicted molar refractivity (Wildman–Crippen MR) is 76.8 cm³/mol. The van der Waals surface area contributed by atoms with E-state index in [0.29, 0.717) is 12.1 Å². The summed E-state index contributed by atoms with van der Waals surface area (Å²) >= 11 is 0. The highest BCUT2D eigenvalue weighted by Crippen LogP contribution is 2.31. The number of benzene rings is 2. The molecule has 0 saturated carbocycles. The van der Waals surface area contributed by atoms with Crippen LogP contribution in [0.5, 0.6) is 0 Å². The minimum Gasteiger partial charge on any atom is -0.308 e. The Hall–Kier alpha value is -1.64. The standard InChI is InChI=1S/C17H18N2/c1-2-6-13-10-18-16(9-12(13)5-1)17-15-8-4-3-7-14(15)11-19-17/h1-8,16-19H,9-11H2. The molecule has 2 aromatic rings. The van der Waals surface area contributed by atoms with Gasteiger partial charge < -0.3 is 10.6 Å². The van der Waals surface area contributed by atoms with Crippen molar-refractivity contribution in [3.8, 4) is 0 Å². The number of rotatable bonds is 1. The van der Waals surface area contributed by atoms with Crippen LogP contribution in [0.2, 0.25) is 0 Å². The molecule has 2 aliphatic heterocycles. The second-order valence-corrected chi connectivity index (χ2v) is 5.52. The zero-order valence-corrected chi connectivity index (χ0v) is 10.9. The first-order chi connectivity index (χ1) is 9.42. The molecule has 2 heterocycles. The second kappa shape index (κ2) is 4.48. The van der Waals surface area contributed by atoms with E-state index in [1.54, 1.807) is 0 Å². The summed E-state index contributed by atoms with van der Waals surface area (Å²) in [5.74, 6) is 0. The molecule has 2 N–H and O–H groups in total. The fraction of sp³-hybridized carbons (Fsp3) is 0.294. The van der Waals surface area contributed by atoms with Crippen molar-refractivity contribution in [1.82, 2.24) is 10.6 Å². The molecule has 2 atom stereocenters. The third-order valence-electron chi connectivity index (χ3n) is 4.42. The SMILES string of the molecule is c1ccc2c(c1)CNC(C1NCc3ccccc31)C2. The van der Waals surface area contributed by atoms with Crippen LogP contribution in [0, 0.1) is 0 Å². The Bertz CT molecular complexity index is 606. The van der Waals surface area contributed by atoms with E-state index in [4.69, 9.17) is 0 Å². The van der Waals surface area contributed by atoms with Gasteiger partial charge in [0.05, 0.1) is 0 Å². The van der Waals surface area contributed by atoms with Crippen molar-refractivity contribution >= 4 is 0 Å². The van der Waals surface area contributed by atoms with Gasteiger partial charge in [-0.1, -0.05) is 48.5 Å². The highest BCUT2D eigenvalue weighted by molar-refractivity contribution is 5.37. The Morgan fingerprint density at radius 1 is 0.737 bits per heavy atom. The molecule has 2 aliphatic rings. The highest BCUT2D eigenvalue weighted by Gasteiger charge is 2.31. The van der Waals surface area contributed by atoms with Crippen molar-refractivity contribution in [2.24, 2.45) is 0 Å². The number of fused-ring (bicyclic) bond motifs is 2. The molecular weight excluding hydrogens is 232 g/mol. The van der Waals surface area contributed by atoms with Crippen molar-refractivity contribution in [2.75, 3.05) is 0 Å². The van der Waals surface area contributed by atoms with E-state index >= 15 is 0 Å². The van der Waals surface area contributed by atoms with E-state index in [2.05, 4.69) is 59.2 Å². The molecular formula is C17H18N2. The van der Waals surface area contributed by atoms with Crippen LogP contribution in [0.1, 0.15) is 28.3 Å². The lowest BCUT2D eigenvalue weighted by Crippen LogP contribution is -2.43. The van der Waals surface area contributed by atoms with E-state index < -0.39 is 0 Å². The third kappa shape index (κ3) is 1.88. The Morgan fingerprint density at radius 2 is 1.42 bits per heavy atom. The molecule has 19 heavy (non-hydrogen) atoms. The van der Waals surface area contributed by atoms with E-state index in [1.807, 2.05) is 0 Å². The van der Waals surface area contributed by atoms with E-state index in [-0.39, 0.29) is 0 Å². The first kappa shape index (κ1) is 11.2. The van der Waals surface area contributed by atoms with Crippen molar-refractivity contribution in [3.63, 3.8) is 0 Å². The lowest BCUT2D eigenvalue weighted by Gasteiger charge is -2.31. The summed E-state index contributed by atoms with van der Waals surface area (Å²) in [7, 11) is 0.